The van der Waals surface area contributed by atoms with E-state index in [1.807, 2.05) is 13.8 Å². The summed E-state index contributed by atoms with van der Waals surface area (Å²) >= 11 is 1.40. The minimum absolute atomic E-state index is 0.0288. The van der Waals surface area contributed by atoms with Crippen molar-refractivity contribution in [1.29, 1.82) is 0 Å². The molecule has 1 atom stereocenters. The quantitative estimate of drug-likeness (QED) is 0.586. The van der Waals surface area contributed by atoms with E-state index in [-0.39, 0.29) is 11.0 Å². The SMILES string of the molecule is Cc1nnc(S[C@H](C)C(=O)c2ccc(NS(C)(=O)=O)cc2)n1C1CC1. The maximum atomic E-state index is 12.6. The summed E-state index contributed by atoms with van der Waals surface area (Å²) in [5.41, 5.74) is 0.969. The molecule has 0 radical (unpaired) electrons. The van der Waals surface area contributed by atoms with Crippen LogP contribution in [0.15, 0.2) is 29.4 Å². The summed E-state index contributed by atoms with van der Waals surface area (Å²) in [5, 5.41) is 8.78. The maximum Gasteiger partial charge on any atom is 0.229 e. The van der Waals surface area contributed by atoms with Crippen molar-refractivity contribution in [3.8, 4) is 0 Å². The summed E-state index contributed by atoms with van der Waals surface area (Å²) in [6.07, 6.45) is 3.34. The van der Waals surface area contributed by atoms with Gasteiger partial charge in [0.2, 0.25) is 10.0 Å². The molecule has 25 heavy (non-hydrogen) atoms. The van der Waals surface area contributed by atoms with E-state index in [2.05, 4.69) is 19.5 Å². The van der Waals surface area contributed by atoms with Crippen LogP contribution in [0.5, 0.6) is 0 Å². The molecule has 2 aromatic rings. The zero-order chi connectivity index (χ0) is 18.2. The van der Waals surface area contributed by atoms with Gasteiger partial charge in [0.15, 0.2) is 10.9 Å². The first-order valence-electron chi connectivity index (χ1n) is 7.95. The number of sulfonamides is 1. The van der Waals surface area contributed by atoms with Gasteiger partial charge in [-0.05, 0) is 51.0 Å². The number of thioether (sulfide) groups is 1. The molecule has 1 heterocycles. The maximum absolute atomic E-state index is 12.6. The van der Waals surface area contributed by atoms with Gasteiger partial charge in [0, 0.05) is 17.3 Å². The van der Waals surface area contributed by atoms with E-state index >= 15 is 0 Å². The van der Waals surface area contributed by atoms with Gasteiger partial charge < -0.3 is 4.57 Å². The largest absolute Gasteiger partial charge is 0.303 e. The van der Waals surface area contributed by atoms with Crippen molar-refractivity contribution in [1.82, 2.24) is 14.8 Å². The van der Waals surface area contributed by atoms with Crippen LogP contribution in [-0.2, 0) is 10.0 Å². The van der Waals surface area contributed by atoms with Crippen LogP contribution in [0.4, 0.5) is 5.69 Å². The molecule has 7 nitrogen and oxygen atoms in total. The van der Waals surface area contributed by atoms with Gasteiger partial charge >= 0.3 is 0 Å². The molecule has 0 saturated heterocycles. The van der Waals surface area contributed by atoms with Crippen molar-refractivity contribution in [3.05, 3.63) is 35.7 Å². The zero-order valence-corrected chi connectivity index (χ0v) is 15.9. The summed E-state index contributed by atoms with van der Waals surface area (Å²) in [7, 11) is -3.33. The number of aryl methyl sites for hydroxylation is 1. The Kier molecular flexibility index (Phi) is 4.88. The lowest BCUT2D eigenvalue weighted by atomic mass is 10.1. The standard InChI is InChI=1S/C16H20N4O3S2/c1-10(24-16-18-17-11(2)20(16)14-8-9-14)15(21)12-4-6-13(7-5-12)19-25(3,22)23/h4-7,10,14,19H,8-9H2,1-3H3/t10-/m1/s1. The Balaban J connectivity index is 1.70. The molecule has 0 bridgehead atoms. The average Bonchev–Trinajstić information content (AvgIpc) is 3.30. The Morgan fingerprint density at radius 3 is 2.48 bits per heavy atom. The van der Waals surface area contributed by atoms with Crippen LogP contribution in [-0.4, -0.2) is 40.5 Å². The smallest absolute Gasteiger partial charge is 0.229 e. The number of rotatable bonds is 7. The van der Waals surface area contributed by atoms with Gasteiger partial charge in [0.1, 0.15) is 5.82 Å². The highest BCUT2D eigenvalue weighted by Crippen LogP contribution is 2.39. The lowest BCUT2D eigenvalue weighted by Crippen LogP contribution is -2.15. The van der Waals surface area contributed by atoms with E-state index in [0.717, 1.165) is 30.1 Å². The lowest BCUT2D eigenvalue weighted by Gasteiger charge is -2.12. The van der Waals surface area contributed by atoms with Crippen LogP contribution < -0.4 is 4.72 Å². The molecule has 134 valence electrons. The first-order chi connectivity index (χ1) is 11.7. The monoisotopic (exact) mass is 380 g/mol. The number of anilines is 1. The van der Waals surface area contributed by atoms with Crippen LogP contribution in [0, 0.1) is 6.92 Å². The van der Waals surface area contributed by atoms with E-state index in [4.69, 9.17) is 0 Å². The van der Waals surface area contributed by atoms with Crippen LogP contribution in [0.2, 0.25) is 0 Å². The first-order valence-corrected chi connectivity index (χ1v) is 10.7. The van der Waals surface area contributed by atoms with Crippen LogP contribution in [0.3, 0.4) is 0 Å². The van der Waals surface area contributed by atoms with E-state index in [0.29, 0.717) is 17.3 Å². The normalized spacial score (nSPS) is 15.8. The number of benzene rings is 1. The van der Waals surface area contributed by atoms with E-state index < -0.39 is 10.0 Å². The molecular weight excluding hydrogens is 360 g/mol. The highest BCUT2D eigenvalue weighted by Gasteiger charge is 2.30. The topological polar surface area (TPSA) is 94.0 Å². The second kappa shape index (κ2) is 6.80. The molecule has 1 aromatic carbocycles. The molecule has 1 saturated carbocycles. The Morgan fingerprint density at radius 1 is 1.28 bits per heavy atom. The van der Waals surface area contributed by atoms with Crippen molar-refractivity contribution >= 4 is 33.3 Å². The summed E-state index contributed by atoms with van der Waals surface area (Å²) < 4.78 is 26.9. The first kappa shape index (κ1) is 17.9. The molecule has 1 aliphatic rings. The minimum Gasteiger partial charge on any atom is -0.303 e. The number of carbonyl (C=O) groups is 1. The predicted octanol–water partition coefficient (Wildman–Crippen LogP) is 2.66. The second-order valence-electron chi connectivity index (χ2n) is 6.21. The van der Waals surface area contributed by atoms with Crippen LogP contribution in [0.25, 0.3) is 0 Å². The number of nitrogens with one attached hydrogen (secondary N) is 1. The van der Waals surface area contributed by atoms with Crippen molar-refractivity contribution in [3.63, 3.8) is 0 Å². The van der Waals surface area contributed by atoms with Gasteiger partial charge in [-0.2, -0.15) is 0 Å². The lowest BCUT2D eigenvalue weighted by molar-refractivity contribution is 0.0994. The van der Waals surface area contributed by atoms with Crippen LogP contribution in [0.1, 0.15) is 42.0 Å². The van der Waals surface area contributed by atoms with Gasteiger partial charge in [-0.1, -0.05) is 11.8 Å². The number of carbonyl (C=O) groups excluding carboxylic acids is 1. The fraction of sp³-hybridized carbons (Fsp3) is 0.438. The Bertz CT molecular complexity index is 887. The molecule has 3 rings (SSSR count). The van der Waals surface area contributed by atoms with Crippen molar-refractivity contribution in [2.24, 2.45) is 0 Å². The van der Waals surface area contributed by atoms with E-state index in [1.54, 1.807) is 24.3 Å². The van der Waals surface area contributed by atoms with E-state index in [1.165, 1.54) is 11.8 Å². The third-order valence-electron chi connectivity index (χ3n) is 3.87. The third-order valence-corrected chi connectivity index (χ3v) is 5.53. The molecule has 1 aliphatic carbocycles. The molecule has 0 aliphatic heterocycles. The Labute approximate surface area is 151 Å². The Hall–Kier alpha value is -1.87. The summed E-state index contributed by atoms with van der Waals surface area (Å²) in [4.78, 5) is 12.6. The van der Waals surface area contributed by atoms with Gasteiger partial charge in [-0.3, -0.25) is 9.52 Å². The van der Waals surface area contributed by atoms with Gasteiger partial charge in [0.05, 0.1) is 11.5 Å². The molecule has 1 N–H and O–H groups in total. The van der Waals surface area contributed by atoms with Gasteiger partial charge in [0.25, 0.3) is 0 Å². The van der Waals surface area contributed by atoms with Gasteiger partial charge in [-0.15, -0.1) is 10.2 Å². The fourth-order valence-corrected chi connectivity index (χ4v) is 4.15. The summed E-state index contributed by atoms with van der Waals surface area (Å²) in [6, 6.07) is 6.89. The number of Topliss-reactive ketones (excluding diaryl/α,β-unsaturated/α-hetero) is 1. The highest BCUT2D eigenvalue weighted by molar-refractivity contribution is 8.00. The molecule has 9 heteroatoms. The average molecular weight is 380 g/mol. The summed E-state index contributed by atoms with van der Waals surface area (Å²) in [5.74, 6) is 0.847. The van der Waals surface area contributed by atoms with Crippen molar-refractivity contribution < 1.29 is 13.2 Å². The molecule has 0 unspecified atom stereocenters. The highest BCUT2D eigenvalue weighted by atomic mass is 32.2. The molecule has 1 aromatic heterocycles. The number of aromatic nitrogens is 3. The fourth-order valence-electron chi connectivity index (χ4n) is 2.55. The van der Waals surface area contributed by atoms with Crippen molar-refractivity contribution in [2.45, 2.75) is 43.1 Å². The van der Waals surface area contributed by atoms with Crippen molar-refractivity contribution in [2.75, 3.05) is 11.0 Å². The molecule has 0 spiro atoms. The van der Waals surface area contributed by atoms with Crippen LogP contribution >= 0.6 is 11.8 Å². The van der Waals surface area contributed by atoms with Gasteiger partial charge in [-0.25, -0.2) is 8.42 Å². The molecular formula is C16H20N4O3S2. The number of nitrogens with zero attached hydrogens (tertiary/aromatic N) is 3. The molecule has 0 amide bonds. The zero-order valence-electron chi connectivity index (χ0n) is 14.3. The third kappa shape index (κ3) is 4.40. The number of hydrogen-bond acceptors (Lipinski definition) is 6. The summed E-state index contributed by atoms with van der Waals surface area (Å²) in [6.45, 7) is 3.77. The number of ketones is 1. The predicted molar refractivity (Wildman–Crippen MR) is 97.6 cm³/mol. The second-order valence-corrected chi connectivity index (χ2v) is 9.26. The minimum atomic E-state index is -3.33. The number of hydrogen-bond donors (Lipinski definition) is 1. The Morgan fingerprint density at radius 2 is 1.92 bits per heavy atom. The molecule has 1 fully saturated rings. The van der Waals surface area contributed by atoms with E-state index in [9.17, 15) is 13.2 Å².